The summed E-state index contributed by atoms with van der Waals surface area (Å²) in [6.45, 7) is 5.34. The molecule has 0 atom stereocenters. The van der Waals surface area contributed by atoms with Gasteiger partial charge in [-0.1, -0.05) is 12.8 Å². The number of pyridine rings is 1. The highest BCUT2D eigenvalue weighted by Crippen LogP contribution is 2.40. The van der Waals surface area contributed by atoms with Crippen molar-refractivity contribution in [1.29, 1.82) is 0 Å². The molecule has 186 valence electrons. The summed E-state index contributed by atoms with van der Waals surface area (Å²) >= 11 is 2.15. The van der Waals surface area contributed by atoms with E-state index in [1.54, 1.807) is 7.11 Å². The molecule has 1 aliphatic heterocycles. The molecule has 0 radical (unpaired) electrons. The Balaban J connectivity index is 1.34. The van der Waals surface area contributed by atoms with Gasteiger partial charge in [0.25, 0.3) is 0 Å². The van der Waals surface area contributed by atoms with E-state index in [0.29, 0.717) is 6.42 Å². The molecule has 0 unspecified atom stereocenters. The normalized spacial score (nSPS) is 19.0. The van der Waals surface area contributed by atoms with Crippen LogP contribution < -0.4 is 4.74 Å². The highest BCUT2D eigenvalue weighted by atomic mass is 32.2. The SMILES string of the molecule is COc1ccc2ncc(C)c(CCCC3(CC(=O)O)CCN(CCSC4CCCC4)CC3)c2c1. The number of carboxylic acids is 1. The number of ether oxygens (including phenoxy) is 1. The smallest absolute Gasteiger partial charge is 0.303 e. The molecule has 2 aromatic rings. The molecule has 1 aromatic carbocycles. The van der Waals surface area contributed by atoms with Crippen LogP contribution in [0, 0.1) is 12.3 Å². The second kappa shape index (κ2) is 11.8. The summed E-state index contributed by atoms with van der Waals surface area (Å²) in [5, 5.41) is 11.7. The van der Waals surface area contributed by atoms with Gasteiger partial charge in [0.1, 0.15) is 5.75 Å². The van der Waals surface area contributed by atoms with E-state index in [9.17, 15) is 9.90 Å². The lowest BCUT2D eigenvalue weighted by atomic mass is 9.72. The van der Waals surface area contributed by atoms with Crippen molar-refractivity contribution < 1.29 is 14.6 Å². The molecule has 6 heteroatoms. The Morgan fingerprint density at radius 2 is 2.03 bits per heavy atom. The number of thioether (sulfide) groups is 1. The molecule has 2 heterocycles. The van der Waals surface area contributed by atoms with E-state index in [2.05, 4.69) is 34.6 Å². The Hall–Kier alpha value is -1.79. The lowest BCUT2D eigenvalue weighted by molar-refractivity contribution is -0.140. The minimum Gasteiger partial charge on any atom is -0.497 e. The number of rotatable bonds is 11. The van der Waals surface area contributed by atoms with Crippen molar-refractivity contribution in [3.8, 4) is 5.75 Å². The van der Waals surface area contributed by atoms with Crippen LogP contribution in [0.15, 0.2) is 24.4 Å². The first kappa shape index (κ1) is 25.3. The number of likely N-dealkylation sites (tertiary alicyclic amines) is 1. The number of carboxylic acid groups (broad SMARTS) is 1. The number of methoxy groups -OCH3 is 1. The fourth-order valence-corrected chi connectivity index (χ4v) is 7.28. The number of hydrogen-bond donors (Lipinski definition) is 1. The van der Waals surface area contributed by atoms with Gasteiger partial charge in [-0.05, 0) is 99.7 Å². The van der Waals surface area contributed by atoms with Gasteiger partial charge in [-0.15, -0.1) is 0 Å². The topological polar surface area (TPSA) is 62.7 Å². The predicted octanol–water partition coefficient (Wildman–Crippen LogP) is 6.11. The van der Waals surface area contributed by atoms with Crippen LogP contribution in [0.25, 0.3) is 10.9 Å². The van der Waals surface area contributed by atoms with Crippen molar-refractivity contribution in [2.24, 2.45) is 5.41 Å². The van der Waals surface area contributed by atoms with E-state index in [-0.39, 0.29) is 5.41 Å². The van der Waals surface area contributed by atoms with Gasteiger partial charge in [0.05, 0.1) is 19.0 Å². The highest BCUT2D eigenvalue weighted by Gasteiger charge is 2.36. The molecule has 34 heavy (non-hydrogen) atoms. The molecule has 1 saturated heterocycles. The van der Waals surface area contributed by atoms with Gasteiger partial charge >= 0.3 is 5.97 Å². The average Bonchev–Trinajstić information content (AvgIpc) is 3.35. The molecule has 1 aliphatic carbocycles. The molecule has 0 amide bonds. The fourth-order valence-electron chi connectivity index (χ4n) is 5.92. The van der Waals surface area contributed by atoms with Crippen LogP contribution in [0.3, 0.4) is 0 Å². The fraction of sp³-hybridized carbons (Fsp3) is 0.643. The molecule has 0 spiro atoms. The van der Waals surface area contributed by atoms with Crippen molar-refractivity contribution in [3.63, 3.8) is 0 Å². The van der Waals surface area contributed by atoms with Gasteiger partial charge in [-0.25, -0.2) is 0 Å². The maximum absolute atomic E-state index is 11.8. The molecule has 0 bridgehead atoms. The summed E-state index contributed by atoms with van der Waals surface area (Å²) in [7, 11) is 1.69. The lowest BCUT2D eigenvalue weighted by Gasteiger charge is -2.41. The first-order valence-electron chi connectivity index (χ1n) is 13.0. The second-order valence-electron chi connectivity index (χ2n) is 10.3. The van der Waals surface area contributed by atoms with Gasteiger partial charge in [0.15, 0.2) is 0 Å². The zero-order valence-corrected chi connectivity index (χ0v) is 21.7. The van der Waals surface area contributed by atoms with Crippen LogP contribution in [-0.4, -0.2) is 58.7 Å². The molecule has 1 aromatic heterocycles. The summed E-state index contributed by atoms with van der Waals surface area (Å²) in [5.41, 5.74) is 3.43. The zero-order valence-electron chi connectivity index (χ0n) is 20.9. The van der Waals surface area contributed by atoms with E-state index in [1.807, 2.05) is 18.3 Å². The van der Waals surface area contributed by atoms with Crippen LogP contribution in [0.4, 0.5) is 0 Å². The van der Waals surface area contributed by atoms with Gasteiger partial charge in [-0.2, -0.15) is 11.8 Å². The average molecular weight is 485 g/mol. The quantitative estimate of drug-likeness (QED) is 0.415. The molecular formula is C28H40N2O3S. The monoisotopic (exact) mass is 484 g/mol. The highest BCUT2D eigenvalue weighted by molar-refractivity contribution is 7.99. The predicted molar refractivity (Wildman–Crippen MR) is 141 cm³/mol. The van der Waals surface area contributed by atoms with Gasteiger partial charge < -0.3 is 14.7 Å². The van der Waals surface area contributed by atoms with Crippen molar-refractivity contribution in [2.45, 2.75) is 76.4 Å². The minimum atomic E-state index is -0.652. The Morgan fingerprint density at radius 3 is 2.74 bits per heavy atom. The summed E-state index contributed by atoms with van der Waals surface area (Å²) in [6, 6.07) is 6.06. The number of hydrogen-bond acceptors (Lipinski definition) is 5. The third kappa shape index (κ3) is 6.45. The maximum Gasteiger partial charge on any atom is 0.303 e. The summed E-state index contributed by atoms with van der Waals surface area (Å²) in [5.74, 6) is 1.41. The van der Waals surface area contributed by atoms with Crippen LogP contribution in [0.1, 0.15) is 68.9 Å². The standard InChI is InChI=1S/C28H40N2O3S/c1-21-20-29-26-10-9-22(33-2)18-25(26)24(21)8-5-11-28(19-27(31)32)12-14-30(15-13-28)16-17-34-23-6-3-4-7-23/h9-10,18,20,23H,3-8,11-17,19H2,1-2H3,(H,31,32). The number of aromatic nitrogens is 1. The number of benzene rings is 1. The van der Waals surface area contributed by atoms with E-state index in [0.717, 1.165) is 73.6 Å². The molecule has 5 nitrogen and oxygen atoms in total. The zero-order chi connectivity index (χ0) is 24.0. The molecule has 2 fully saturated rings. The first-order chi connectivity index (χ1) is 16.5. The number of nitrogens with zero attached hydrogens (tertiary/aromatic N) is 2. The maximum atomic E-state index is 11.8. The Morgan fingerprint density at radius 1 is 1.26 bits per heavy atom. The first-order valence-corrected chi connectivity index (χ1v) is 14.0. The number of aliphatic carboxylic acids is 1. The van der Waals surface area contributed by atoms with Crippen LogP contribution >= 0.6 is 11.8 Å². The molecular weight excluding hydrogens is 444 g/mol. The van der Waals surface area contributed by atoms with Crippen LogP contribution in [-0.2, 0) is 11.2 Å². The Labute approximate surface area is 208 Å². The van der Waals surface area contributed by atoms with E-state index in [4.69, 9.17) is 4.74 Å². The van der Waals surface area contributed by atoms with Crippen molar-refractivity contribution >= 4 is 28.6 Å². The summed E-state index contributed by atoms with van der Waals surface area (Å²) in [6.07, 6.45) is 12.8. The third-order valence-electron chi connectivity index (χ3n) is 8.04. The largest absolute Gasteiger partial charge is 0.497 e. The molecule has 1 N–H and O–H groups in total. The number of fused-ring (bicyclic) bond motifs is 1. The molecule has 1 saturated carbocycles. The Bertz CT molecular complexity index is 966. The van der Waals surface area contributed by atoms with Gasteiger partial charge in [0.2, 0.25) is 0 Å². The molecule has 2 aliphatic rings. The summed E-state index contributed by atoms with van der Waals surface area (Å²) < 4.78 is 5.44. The van der Waals surface area contributed by atoms with Crippen molar-refractivity contribution in [3.05, 3.63) is 35.5 Å². The van der Waals surface area contributed by atoms with Gasteiger partial charge in [0, 0.05) is 29.1 Å². The molecule has 4 rings (SSSR count). The third-order valence-corrected chi connectivity index (χ3v) is 9.40. The van der Waals surface area contributed by atoms with E-state index in [1.165, 1.54) is 42.6 Å². The number of carbonyl (C=O) groups is 1. The lowest BCUT2D eigenvalue weighted by Crippen LogP contribution is -2.42. The minimum absolute atomic E-state index is 0.0741. The number of aryl methyl sites for hydroxylation is 2. The van der Waals surface area contributed by atoms with Crippen molar-refractivity contribution in [2.75, 3.05) is 32.5 Å². The van der Waals surface area contributed by atoms with Gasteiger partial charge in [-0.3, -0.25) is 9.78 Å². The number of piperidine rings is 1. The van der Waals surface area contributed by atoms with E-state index < -0.39 is 5.97 Å². The second-order valence-corrected chi connectivity index (χ2v) is 11.8. The van der Waals surface area contributed by atoms with Crippen molar-refractivity contribution in [1.82, 2.24) is 9.88 Å². The Kier molecular flexibility index (Phi) is 8.75. The summed E-state index contributed by atoms with van der Waals surface area (Å²) in [4.78, 5) is 18.9. The van der Waals surface area contributed by atoms with Crippen LogP contribution in [0.2, 0.25) is 0 Å². The van der Waals surface area contributed by atoms with Crippen LogP contribution in [0.5, 0.6) is 5.75 Å². The van der Waals surface area contributed by atoms with E-state index >= 15 is 0 Å².